The first-order valence-corrected chi connectivity index (χ1v) is 9.92. The largest absolute Gasteiger partial charge is 0.345 e. The van der Waals surface area contributed by atoms with E-state index in [4.69, 9.17) is 0 Å². The Labute approximate surface area is 160 Å². The number of carbonyl (C=O) groups excluding carboxylic acids is 1. The smallest absolute Gasteiger partial charge is 0.244 e. The van der Waals surface area contributed by atoms with Gasteiger partial charge in [-0.1, -0.05) is 45.0 Å². The Morgan fingerprint density at radius 2 is 1.85 bits per heavy atom. The molecule has 5 heteroatoms. The van der Waals surface area contributed by atoms with Crippen LogP contribution >= 0.6 is 0 Å². The SMILES string of the molecule is CC(C)(C)c1ccc(/C=C/C(=O)NCc2nnc(C3CC3)n2C2CC2)cc1. The van der Waals surface area contributed by atoms with E-state index in [1.165, 1.54) is 31.2 Å². The molecule has 142 valence electrons. The fraction of sp³-hybridized carbons (Fsp3) is 0.500. The Hall–Kier alpha value is -2.43. The van der Waals surface area contributed by atoms with E-state index < -0.39 is 0 Å². The van der Waals surface area contributed by atoms with Gasteiger partial charge in [-0.05, 0) is 48.3 Å². The van der Waals surface area contributed by atoms with E-state index in [1.54, 1.807) is 6.08 Å². The average Bonchev–Trinajstić information content (AvgIpc) is 3.56. The van der Waals surface area contributed by atoms with Crippen molar-refractivity contribution in [1.82, 2.24) is 20.1 Å². The monoisotopic (exact) mass is 364 g/mol. The highest BCUT2D eigenvalue weighted by Gasteiger charge is 2.36. The summed E-state index contributed by atoms with van der Waals surface area (Å²) in [5.74, 6) is 2.48. The van der Waals surface area contributed by atoms with Crippen LogP contribution in [0.2, 0.25) is 0 Å². The Balaban J connectivity index is 1.35. The fourth-order valence-corrected chi connectivity index (χ4v) is 3.30. The lowest BCUT2D eigenvalue weighted by atomic mass is 9.87. The third kappa shape index (κ3) is 4.29. The summed E-state index contributed by atoms with van der Waals surface area (Å²) in [6.45, 7) is 7.02. The van der Waals surface area contributed by atoms with Crippen molar-refractivity contribution >= 4 is 12.0 Å². The van der Waals surface area contributed by atoms with Crippen LogP contribution in [0, 0.1) is 0 Å². The van der Waals surface area contributed by atoms with E-state index in [0.717, 1.165) is 17.2 Å². The molecule has 0 saturated heterocycles. The third-order valence-corrected chi connectivity index (χ3v) is 5.27. The average molecular weight is 364 g/mol. The van der Waals surface area contributed by atoms with Gasteiger partial charge in [0.2, 0.25) is 5.91 Å². The van der Waals surface area contributed by atoms with Crippen LogP contribution in [-0.4, -0.2) is 20.7 Å². The van der Waals surface area contributed by atoms with Gasteiger partial charge in [0.05, 0.1) is 6.54 Å². The molecule has 5 nitrogen and oxygen atoms in total. The number of rotatable bonds is 6. The van der Waals surface area contributed by atoms with Gasteiger partial charge >= 0.3 is 0 Å². The molecule has 0 atom stereocenters. The first kappa shape index (κ1) is 18.0. The summed E-state index contributed by atoms with van der Waals surface area (Å²) in [4.78, 5) is 12.2. The summed E-state index contributed by atoms with van der Waals surface area (Å²) in [5.41, 5.74) is 2.45. The molecule has 2 fully saturated rings. The van der Waals surface area contributed by atoms with Gasteiger partial charge in [0.15, 0.2) is 5.82 Å². The van der Waals surface area contributed by atoms with Crippen molar-refractivity contribution in [3.05, 3.63) is 53.1 Å². The topological polar surface area (TPSA) is 59.8 Å². The van der Waals surface area contributed by atoms with Gasteiger partial charge in [0, 0.05) is 18.0 Å². The Morgan fingerprint density at radius 1 is 1.15 bits per heavy atom. The van der Waals surface area contributed by atoms with E-state index in [9.17, 15) is 4.79 Å². The van der Waals surface area contributed by atoms with Crippen molar-refractivity contribution in [2.45, 2.75) is 70.4 Å². The number of aromatic nitrogens is 3. The Bertz CT molecular complexity index is 849. The number of nitrogens with zero attached hydrogens (tertiary/aromatic N) is 3. The summed E-state index contributed by atoms with van der Waals surface area (Å²) in [6.07, 6.45) is 8.27. The zero-order valence-corrected chi connectivity index (χ0v) is 16.4. The van der Waals surface area contributed by atoms with Gasteiger partial charge in [0.1, 0.15) is 5.82 Å². The Kier molecular flexibility index (Phi) is 4.62. The van der Waals surface area contributed by atoms with Gasteiger partial charge in [-0.15, -0.1) is 10.2 Å². The van der Waals surface area contributed by atoms with Crippen LogP contribution in [0.25, 0.3) is 6.08 Å². The van der Waals surface area contributed by atoms with Gasteiger partial charge in [0.25, 0.3) is 0 Å². The van der Waals surface area contributed by atoms with Crippen molar-refractivity contribution in [1.29, 1.82) is 0 Å². The number of amides is 1. The molecule has 2 saturated carbocycles. The molecule has 27 heavy (non-hydrogen) atoms. The molecule has 1 aromatic carbocycles. The second-order valence-electron chi connectivity index (χ2n) is 8.77. The second-order valence-corrected chi connectivity index (χ2v) is 8.77. The first-order chi connectivity index (χ1) is 12.9. The standard InChI is InChI=1S/C22H28N4O/c1-22(2,3)17-9-4-15(5-10-17)6-13-20(27)23-14-19-24-25-21(16-7-8-16)26(19)18-11-12-18/h4-6,9-10,13,16,18H,7-8,11-12,14H2,1-3H3,(H,23,27)/b13-6+. The van der Waals surface area contributed by atoms with Crippen molar-refractivity contribution in [2.75, 3.05) is 0 Å². The highest BCUT2D eigenvalue weighted by atomic mass is 16.1. The quantitative estimate of drug-likeness (QED) is 0.785. The van der Waals surface area contributed by atoms with Gasteiger partial charge < -0.3 is 9.88 Å². The van der Waals surface area contributed by atoms with Gasteiger partial charge in [-0.25, -0.2) is 0 Å². The van der Waals surface area contributed by atoms with Gasteiger partial charge in [-0.2, -0.15) is 0 Å². The van der Waals surface area contributed by atoms with E-state index >= 15 is 0 Å². The molecular weight excluding hydrogens is 336 g/mol. The van der Waals surface area contributed by atoms with Crippen LogP contribution in [0.5, 0.6) is 0 Å². The highest BCUT2D eigenvalue weighted by Crippen LogP contribution is 2.44. The van der Waals surface area contributed by atoms with E-state index in [2.05, 4.69) is 65.1 Å². The molecule has 0 unspecified atom stereocenters. The maximum Gasteiger partial charge on any atom is 0.244 e. The Morgan fingerprint density at radius 3 is 2.44 bits per heavy atom. The maximum atomic E-state index is 12.2. The molecule has 2 aliphatic rings. The first-order valence-electron chi connectivity index (χ1n) is 9.92. The van der Waals surface area contributed by atoms with Crippen molar-refractivity contribution in [3.63, 3.8) is 0 Å². The third-order valence-electron chi connectivity index (χ3n) is 5.27. The normalized spacial score (nSPS) is 17.4. The zero-order chi connectivity index (χ0) is 19.0. The van der Waals surface area contributed by atoms with Crippen LogP contribution in [-0.2, 0) is 16.8 Å². The van der Waals surface area contributed by atoms with E-state index in [0.29, 0.717) is 18.5 Å². The molecule has 2 aliphatic carbocycles. The lowest BCUT2D eigenvalue weighted by Crippen LogP contribution is -2.23. The maximum absolute atomic E-state index is 12.2. The molecule has 0 aliphatic heterocycles. The molecule has 0 radical (unpaired) electrons. The van der Waals surface area contributed by atoms with Crippen molar-refractivity contribution < 1.29 is 4.79 Å². The van der Waals surface area contributed by atoms with E-state index in [-0.39, 0.29) is 11.3 Å². The predicted octanol–water partition coefficient (Wildman–Crippen LogP) is 4.12. The molecule has 1 N–H and O–H groups in total. The van der Waals surface area contributed by atoms with Gasteiger partial charge in [-0.3, -0.25) is 4.79 Å². The summed E-state index contributed by atoms with van der Waals surface area (Å²) in [5, 5.41) is 11.7. The molecule has 1 heterocycles. The molecular formula is C22H28N4O. The predicted molar refractivity (Wildman–Crippen MR) is 106 cm³/mol. The minimum atomic E-state index is -0.104. The van der Waals surface area contributed by atoms with Crippen LogP contribution in [0.3, 0.4) is 0 Å². The molecule has 4 rings (SSSR count). The fourth-order valence-electron chi connectivity index (χ4n) is 3.30. The number of carbonyl (C=O) groups is 1. The summed E-state index contributed by atoms with van der Waals surface area (Å²) in [6, 6.07) is 8.88. The lowest BCUT2D eigenvalue weighted by molar-refractivity contribution is -0.116. The number of benzene rings is 1. The van der Waals surface area contributed by atoms with Crippen LogP contribution in [0.4, 0.5) is 0 Å². The number of nitrogens with one attached hydrogen (secondary N) is 1. The summed E-state index contributed by atoms with van der Waals surface area (Å²) < 4.78 is 2.27. The zero-order valence-electron chi connectivity index (χ0n) is 16.4. The van der Waals surface area contributed by atoms with Crippen molar-refractivity contribution in [2.24, 2.45) is 0 Å². The highest BCUT2D eigenvalue weighted by molar-refractivity contribution is 5.91. The van der Waals surface area contributed by atoms with Crippen LogP contribution in [0.15, 0.2) is 30.3 Å². The second kappa shape index (κ2) is 6.95. The van der Waals surface area contributed by atoms with Crippen molar-refractivity contribution in [3.8, 4) is 0 Å². The number of hydrogen-bond acceptors (Lipinski definition) is 3. The lowest BCUT2D eigenvalue weighted by Gasteiger charge is -2.18. The van der Waals surface area contributed by atoms with E-state index in [1.807, 2.05) is 6.08 Å². The van der Waals surface area contributed by atoms with Crippen LogP contribution < -0.4 is 5.32 Å². The molecule has 0 bridgehead atoms. The molecule has 2 aromatic rings. The molecule has 0 spiro atoms. The summed E-state index contributed by atoms with van der Waals surface area (Å²) in [7, 11) is 0. The number of hydrogen-bond donors (Lipinski definition) is 1. The summed E-state index contributed by atoms with van der Waals surface area (Å²) >= 11 is 0. The minimum Gasteiger partial charge on any atom is -0.345 e. The molecule has 1 aromatic heterocycles. The van der Waals surface area contributed by atoms with Crippen LogP contribution in [0.1, 0.15) is 81.2 Å². The molecule has 1 amide bonds. The minimum absolute atomic E-state index is 0.104.